The smallest absolute Gasteiger partial charge is 0.191 e. The first-order valence-corrected chi connectivity index (χ1v) is 10.7. The van der Waals surface area contributed by atoms with Gasteiger partial charge in [-0.1, -0.05) is 45.7 Å². The highest BCUT2D eigenvalue weighted by Gasteiger charge is 2.18. The van der Waals surface area contributed by atoms with Crippen LogP contribution in [0.5, 0.6) is 0 Å². The Morgan fingerprint density at radius 2 is 1.64 bits per heavy atom. The van der Waals surface area contributed by atoms with Crippen molar-refractivity contribution >= 4 is 15.8 Å². The average molecular weight is 366 g/mol. The summed E-state index contributed by atoms with van der Waals surface area (Å²) in [6, 6.07) is 7.17. The van der Waals surface area contributed by atoms with Crippen molar-refractivity contribution in [1.82, 2.24) is 4.90 Å². The molecule has 0 aromatic heterocycles. The molecule has 2 N–H and O–H groups in total. The Bertz CT molecular complexity index is 680. The van der Waals surface area contributed by atoms with E-state index >= 15 is 0 Å². The van der Waals surface area contributed by atoms with Gasteiger partial charge in [0.1, 0.15) is 0 Å². The van der Waals surface area contributed by atoms with Crippen molar-refractivity contribution in [3.05, 3.63) is 29.8 Å². The van der Waals surface area contributed by atoms with Crippen molar-refractivity contribution in [3.63, 3.8) is 0 Å². The van der Waals surface area contributed by atoms with Crippen LogP contribution in [0.25, 0.3) is 0 Å². The van der Waals surface area contributed by atoms with Crippen LogP contribution >= 0.6 is 0 Å². The third kappa shape index (κ3) is 5.73. The predicted molar refractivity (Wildman–Crippen MR) is 104 cm³/mol. The number of sulfone groups is 1. The lowest BCUT2D eigenvalue weighted by molar-refractivity contribution is 0.429. The van der Waals surface area contributed by atoms with E-state index in [1.807, 2.05) is 12.1 Å². The number of likely N-dealkylation sites (tertiary alicyclic amines) is 1. The van der Waals surface area contributed by atoms with Crippen LogP contribution < -0.4 is 5.73 Å². The Hall–Kier alpha value is -1.56. The molecular formula is C19H31N3O2S. The van der Waals surface area contributed by atoms with Crippen molar-refractivity contribution in [2.75, 3.05) is 25.4 Å². The molecule has 0 unspecified atom stereocenters. The fraction of sp³-hybridized carbons (Fsp3) is 0.632. The van der Waals surface area contributed by atoms with Gasteiger partial charge < -0.3 is 10.6 Å². The third-order valence-electron chi connectivity index (χ3n) is 4.64. The number of aliphatic imine (C=N–C) groups is 1. The van der Waals surface area contributed by atoms with Gasteiger partial charge in [0.2, 0.25) is 0 Å². The molecule has 2 rings (SSSR count). The fourth-order valence-corrected chi connectivity index (χ4v) is 4.08. The van der Waals surface area contributed by atoms with Crippen LogP contribution in [0.2, 0.25) is 0 Å². The van der Waals surface area contributed by atoms with Crippen LogP contribution in [0, 0.1) is 0 Å². The van der Waals surface area contributed by atoms with Crippen molar-refractivity contribution in [1.29, 1.82) is 0 Å². The summed E-state index contributed by atoms with van der Waals surface area (Å²) in [5.41, 5.74) is 7.16. The molecule has 0 bridgehead atoms. The molecule has 5 nitrogen and oxygen atoms in total. The summed E-state index contributed by atoms with van der Waals surface area (Å²) < 4.78 is 25.0. The van der Waals surface area contributed by atoms with Gasteiger partial charge in [0.15, 0.2) is 15.8 Å². The van der Waals surface area contributed by atoms with E-state index in [0.29, 0.717) is 10.9 Å². The van der Waals surface area contributed by atoms with Crippen LogP contribution in [0.15, 0.2) is 34.2 Å². The summed E-state index contributed by atoms with van der Waals surface area (Å²) in [7, 11) is -3.34. The maximum Gasteiger partial charge on any atom is 0.191 e. The lowest BCUT2D eigenvalue weighted by atomic mass is 9.87. The highest BCUT2D eigenvalue weighted by molar-refractivity contribution is 7.91. The lowest BCUT2D eigenvalue weighted by Crippen LogP contribution is -2.38. The normalized spacial score (nSPS) is 17.4. The summed E-state index contributed by atoms with van der Waals surface area (Å²) in [6.07, 6.45) is 4.69. The molecule has 6 heteroatoms. The molecule has 1 aliphatic heterocycles. The monoisotopic (exact) mass is 365 g/mol. The van der Waals surface area contributed by atoms with Crippen LogP contribution in [0.1, 0.15) is 52.0 Å². The minimum Gasteiger partial charge on any atom is -0.370 e. The Morgan fingerprint density at radius 1 is 1.08 bits per heavy atom. The summed E-state index contributed by atoms with van der Waals surface area (Å²) in [6.45, 7) is 8.35. The van der Waals surface area contributed by atoms with Crippen LogP contribution in [0.4, 0.5) is 0 Å². The van der Waals surface area contributed by atoms with E-state index < -0.39 is 9.84 Å². The van der Waals surface area contributed by atoms with Crippen molar-refractivity contribution < 1.29 is 8.42 Å². The van der Waals surface area contributed by atoms with E-state index in [0.717, 1.165) is 31.5 Å². The molecular weight excluding hydrogens is 334 g/mol. The molecule has 1 aliphatic rings. The molecule has 0 atom stereocenters. The number of benzene rings is 1. The largest absolute Gasteiger partial charge is 0.370 e. The number of hydrogen-bond donors (Lipinski definition) is 1. The van der Waals surface area contributed by atoms with E-state index in [1.165, 1.54) is 12.8 Å². The zero-order chi connectivity index (χ0) is 18.5. The minimum absolute atomic E-state index is 0.00813. The topological polar surface area (TPSA) is 75.8 Å². The number of rotatable bonds is 4. The first-order valence-electron chi connectivity index (χ1n) is 9.08. The molecule has 0 saturated carbocycles. The number of guanidine groups is 1. The SMILES string of the molecule is CC(C)(C)c1ccc(S(=O)(=O)CCN=C(N)N2CCCCCC2)cc1. The minimum atomic E-state index is -3.34. The van der Waals surface area contributed by atoms with E-state index in [2.05, 4.69) is 30.7 Å². The standard InChI is InChI=1S/C19H31N3O2S/c1-19(2,3)16-8-10-17(11-9-16)25(23,24)15-12-21-18(20)22-13-6-4-5-7-14-22/h8-11H,4-7,12-15H2,1-3H3,(H2,20,21). The molecule has 1 fully saturated rings. The van der Waals surface area contributed by atoms with Crippen LogP contribution in [-0.4, -0.2) is 44.7 Å². The van der Waals surface area contributed by atoms with E-state index in [4.69, 9.17) is 5.73 Å². The second-order valence-corrected chi connectivity index (χ2v) is 9.84. The summed E-state index contributed by atoms with van der Waals surface area (Å²) in [5.74, 6) is 0.455. The van der Waals surface area contributed by atoms with Gasteiger partial charge in [0, 0.05) is 13.1 Å². The number of nitrogens with two attached hydrogens (primary N) is 1. The van der Waals surface area contributed by atoms with Gasteiger partial charge >= 0.3 is 0 Å². The zero-order valence-corrected chi connectivity index (χ0v) is 16.5. The van der Waals surface area contributed by atoms with Gasteiger partial charge in [-0.25, -0.2) is 8.42 Å². The van der Waals surface area contributed by atoms with Crippen LogP contribution in [0.3, 0.4) is 0 Å². The molecule has 1 saturated heterocycles. The fourth-order valence-electron chi connectivity index (χ4n) is 2.96. The van der Waals surface area contributed by atoms with Crippen molar-refractivity contribution in [2.45, 2.75) is 56.8 Å². The molecule has 0 aliphatic carbocycles. The Balaban J connectivity index is 1.97. The van der Waals surface area contributed by atoms with Gasteiger partial charge in [0.05, 0.1) is 17.2 Å². The summed E-state index contributed by atoms with van der Waals surface area (Å²) in [5, 5.41) is 0. The number of nitrogens with zero attached hydrogens (tertiary/aromatic N) is 2. The average Bonchev–Trinajstić information content (AvgIpc) is 2.83. The Kier molecular flexibility index (Phi) is 6.49. The third-order valence-corrected chi connectivity index (χ3v) is 6.35. The molecule has 0 amide bonds. The Labute approximate surface area is 152 Å². The zero-order valence-electron chi connectivity index (χ0n) is 15.7. The molecule has 140 valence electrons. The summed E-state index contributed by atoms with van der Waals surface area (Å²) >= 11 is 0. The maximum absolute atomic E-state index is 12.5. The highest BCUT2D eigenvalue weighted by atomic mass is 32.2. The molecule has 1 heterocycles. The molecule has 1 aromatic rings. The number of hydrogen-bond acceptors (Lipinski definition) is 3. The molecule has 0 radical (unpaired) electrons. The van der Waals surface area contributed by atoms with Gasteiger partial charge in [-0.15, -0.1) is 0 Å². The second-order valence-electron chi connectivity index (χ2n) is 7.73. The van der Waals surface area contributed by atoms with Gasteiger partial charge in [-0.3, -0.25) is 4.99 Å². The quantitative estimate of drug-likeness (QED) is 0.657. The Morgan fingerprint density at radius 3 is 2.16 bits per heavy atom. The second kappa shape index (κ2) is 8.21. The highest BCUT2D eigenvalue weighted by Crippen LogP contribution is 2.23. The van der Waals surface area contributed by atoms with E-state index in [1.54, 1.807) is 12.1 Å². The van der Waals surface area contributed by atoms with Crippen molar-refractivity contribution in [2.24, 2.45) is 10.7 Å². The van der Waals surface area contributed by atoms with Gasteiger partial charge in [-0.2, -0.15) is 0 Å². The van der Waals surface area contributed by atoms with Crippen molar-refractivity contribution in [3.8, 4) is 0 Å². The van der Waals surface area contributed by atoms with E-state index in [-0.39, 0.29) is 17.7 Å². The van der Waals surface area contributed by atoms with Gasteiger partial charge in [-0.05, 0) is 36.0 Å². The first kappa shape index (κ1) is 19.8. The summed E-state index contributed by atoms with van der Waals surface area (Å²) in [4.78, 5) is 6.72. The maximum atomic E-state index is 12.5. The molecule has 1 aromatic carbocycles. The van der Waals surface area contributed by atoms with Gasteiger partial charge in [0.25, 0.3) is 0 Å². The first-order chi connectivity index (χ1) is 11.7. The molecule has 25 heavy (non-hydrogen) atoms. The van der Waals surface area contributed by atoms with E-state index in [9.17, 15) is 8.42 Å². The predicted octanol–water partition coefficient (Wildman–Crippen LogP) is 2.95. The molecule has 0 spiro atoms. The lowest BCUT2D eigenvalue weighted by Gasteiger charge is -2.21. The van der Waals surface area contributed by atoms with Crippen LogP contribution in [-0.2, 0) is 15.3 Å².